The average Bonchev–Trinajstić information content (AvgIpc) is 2.58. The van der Waals surface area contributed by atoms with Crippen LogP contribution in [0.4, 0.5) is 0 Å². The van der Waals surface area contributed by atoms with Crippen molar-refractivity contribution in [3.8, 4) is 11.1 Å². The van der Waals surface area contributed by atoms with E-state index < -0.39 is 6.04 Å². The van der Waals surface area contributed by atoms with Crippen molar-refractivity contribution < 1.29 is 9.59 Å². The molecule has 22 heavy (non-hydrogen) atoms. The van der Waals surface area contributed by atoms with Crippen LogP contribution in [-0.2, 0) is 4.79 Å². The summed E-state index contributed by atoms with van der Waals surface area (Å²) in [6.07, 6.45) is 9.37. The molecule has 0 aromatic carbocycles. The predicted octanol–water partition coefficient (Wildman–Crippen LogP) is 0.547. The van der Waals surface area contributed by atoms with Gasteiger partial charge in [0.1, 0.15) is 12.4 Å². The molecule has 7 nitrogen and oxygen atoms in total. The maximum Gasteiger partial charge on any atom is 0.253 e. The molecule has 3 heterocycles. The fraction of sp³-hybridized carbons (Fsp3) is 0.267. The van der Waals surface area contributed by atoms with Crippen molar-refractivity contribution in [2.24, 2.45) is 0 Å². The maximum atomic E-state index is 12.3. The minimum atomic E-state index is -0.482. The first-order valence-corrected chi connectivity index (χ1v) is 7.03. The highest BCUT2D eigenvalue weighted by atomic mass is 16.2. The van der Waals surface area contributed by atoms with Crippen molar-refractivity contribution in [2.45, 2.75) is 18.9 Å². The van der Waals surface area contributed by atoms with Crippen molar-refractivity contribution in [3.63, 3.8) is 0 Å². The second-order valence-electron chi connectivity index (χ2n) is 5.05. The number of nitrogens with one attached hydrogen (secondary N) is 2. The molecule has 0 radical (unpaired) electrons. The summed E-state index contributed by atoms with van der Waals surface area (Å²) in [6.45, 7) is 0.663. The zero-order chi connectivity index (χ0) is 15.4. The maximum absolute atomic E-state index is 12.3. The van der Waals surface area contributed by atoms with Gasteiger partial charge in [0.2, 0.25) is 5.91 Å². The molecule has 3 rings (SSSR count). The molecule has 0 saturated carbocycles. The summed E-state index contributed by atoms with van der Waals surface area (Å²) >= 11 is 0. The van der Waals surface area contributed by atoms with Gasteiger partial charge in [0, 0.05) is 42.5 Å². The smallest absolute Gasteiger partial charge is 0.253 e. The lowest BCUT2D eigenvalue weighted by atomic mass is 10.1. The molecule has 112 valence electrons. The highest BCUT2D eigenvalue weighted by Crippen LogP contribution is 2.17. The Labute approximate surface area is 127 Å². The minimum Gasteiger partial charge on any atom is -0.354 e. The van der Waals surface area contributed by atoms with Gasteiger partial charge in [0.05, 0.1) is 5.56 Å². The van der Waals surface area contributed by atoms with Crippen molar-refractivity contribution in [2.75, 3.05) is 6.54 Å². The Bertz CT molecular complexity index is 689. The summed E-state index contributed by atoms with van der Waals surface area (Å²) in [7, 11) is 0. The molecule has 0 spiro atoms. The molecule has 2 aromatic rings. The molecule has 2 amide bonds. The van der Waals surface area contributed by atoms with Gasteiger partial charge in [-0.3, -0.25) is 14.6 Å². The van der Waals surface area contributed by atoms with Crippen LogP contribution in [0.3, 0.4) is 0 Å². The third-order valence-corrected chi connectivity index (χ3v) is 3.48. The van der Waals surface area contributed by atoms with Gasteiger partial charge in [-0.2, -0.15) is 0 Å². The topological polar surface area (TPSA) is 96.9 Å². The van der Waals surface area contributed by atoms with Gasteiger partial charge in [0.15, 0.2) is 0 Å². The number of pyridine rings is 1. The highest BCUT2D eigenvalue weighted by Gasteiger charge is 2.24. The zero-order valence-corrected chi connectivity index (χ0v) is 11.8. The van der Waals surface area contributed by atoms with Gasteiger partial charge >= 0.3 is 0 Å². The number of carbonyl (C=O) groups is 2. The Balaban J connectivity index is 1.77. The van der Waals surface area contributed by atoms with Crippen LogP contribution in [-0.4, -0.2) is 39.4 Å². The second kappa shape index (κ2) is 6.30. The van der Waals surface area contributed by atoms with Crippen LogP contribution in [0, 0.1) is 0 Å². The van der Waals surface area contributed by atoms with E-state index in [1.807, 2.05) is 0 Å². The van der Waals surface area contributed by atoms with Gasteiger partial charge < -0.3 is 10.6 Å². The molecule has 2 aromatic heterocycles. The summed E-state index contributed by atoms with van der Waals surface area (Å²) in [5.41, 5.74) is 1.93. The summed E-state index contributed by atoms with van der Waals surface area (Å²) in [5.74, 6) is -0.451. The fourth-order valence-electron chi connectivity index (χ4n) is 2.32. The van der Waals surface area contributed by atoms with Crippen molar-refractivity contribution in [1.82, 2.24) is 25.6 Å². The minimum absolute atomic E-state index is 0.139. The fourth-order valence-corrected chi connectivity index (χ4v) is 2.32. The van der Waals surface area contributed by atoms with Crippen LogP contribution in [0.5, 0.6) is 0 Å². The van der Waals surface area contributed by atoms with Crippen LogP contribution in [0.15, 0.2) is 37.2 Å². The highest BCUT2D eigenvalue weighted by molar-refractivity contribution is 5.98. The molecule has 1 aliphatic rings. The first-order valence-electron chi connectivity index (χ1n) is 7.03. The van der Waals surface area contributed by atoms with E-state index in [0.29, 0.717) is 18.5 Å². The lowest BCUT2D eigenvalue weighted by Crippen LogP contribution is -2.50. The number of aromatic nitrogens is 3. The molecule has 0 unspecified atom stereocenters. The standard InChI is InChI=1S/C15H15N5O2/c21-14(20-13-2-1-3-19-15(13)22)11-4-10(5-16-6-11)12-7-17-9-18-8-12/h4-9,13H,1-3H2,(H,19,22)(H,20,21)/t13-/m0/s1. The number of carbonyl (C=O) groups excluding carboxylic acids is 2. The summed E-state index contributed by atoms with van der Waals surface area (Å²) in [4.78, 5) is 35.9. The van der Waals surface area contributed by atoms with Crippen molar-refractivity contribution >= 4 is 11.8 Å². The number of amides is 2. The largest absolute Gasteiger partial charge is 0.354 e. The van der Waals surface area contributed by atoms with Crippen LogP contribution >= 0.6 is 0 Å². The van der Waals surface area contributed by atoms with E-state index in [9.17, 15) is 9.59 Å². The molecular formula is C15H15N5O2. The molecule has 2 N–H and O–H groups in total. The van der Waals surface area contributed by atoms with Gasteiger partial charge in [-0.05, 0) is 18.9 Å². The summed E-state index contributed by atoms with van der Waals surface area (Å²) in [5, 5.41) is 5.48. The number of nitrogens with zero attached hydrogens (tertiary/aromatic N) is 3. The van der Waals surface area contributed by atoms with Crippen LogP contribution in [0.25, 0.3) is 11.1 Å². The number of hydrogen-bond acceptors (Lipinski definition) is 5. The van der Waals surface area contributed by atoms with E-state index >= 15 is 0 Å². The third kappa shape index (κ3) is 3.08. The molecule has 0 bridgehead atoms. The van der Waals surface area contributed by atoms with Gasteiger partial charge in [0.25, 0.3) is 5.91 Å². The molecular weight excluding hydrogens is 282 g/mol. The monoisotopic (exact) mass is 297 g/mol. The average molecular weight is 297 g/mol. The van der Waals surface area contributed by atoms with E-state index in [0.717, 1.165) is 17.5 Å². The Morgan fingerprint density at radius 2 is 1.91 bits per heavy atom. The molecule has 1 aliphatic heterocycles. The number of rotatable bonds is 3. The first-order chi connectivity index (χ1) is 10.7. The molecule has 0 aliphatic carbocycles. The van der Waals surface area contributed by atoms with Gasteiger partial charge in [-0.15, -0.1) is 0 Å². The van der Waals surface area contributed by atoms with E-state index in [4.69, 9.17) is 0 Å². The zero-order valence-electron chi connectivity index (χ0n) is 11.8. The molecule has 1 saturated heterocycles. The van der Waals surface area contributed by atoms with Crippen LogP contribution in [0.2, 0.25) is 0 Å². The summed E-state index contributed by atoms with van der Waals surface area (Å²) in [6, 6.07) is 1.23. The van der Waals surface area contributed by atoms with E-state index in [1.165, 1.54) is 12.5 Å². The quantitative estimate of drug-likeness (QED) is 0.862. The number of piperidine rings is 1. The lowest BCUT2D eigenvalue weighted by molar-refractivity contribution is -0.124. The molecule has 7 heteroatoms. The van der Waals surface area contributed by atoms with Gasteiger partial charge in [-0.1, -0.05) is 0 Å². The van der Waals surface area contributed by atoms with E-state index in [-0.39, 0.29) is 11.8 Å². The SMILES string of the molecule is O=C(N[C@H]1CCCNC1=O)c1cncc(-c2cncnc2)c1. The lowest BCUT2D eigenvalue weighted by Gasteiger charge is -2.22. The van der Waals surface area contributed by atoms with Crippen molar-refractivity contribution in [3.05, 3.63) is 42.7 Å². The van der Waals surface area contributed by atoms with E-state index in [2.05, 4.69) is 25.6 Å². The Hall–Kier alpha value is -2.83. The Kier molecular flexibility index (Phi) is 4.04. The van der Waals surface area contributed by atoms with Crippen molar-refractivity contribution in [1.29, 1.82) is 0 Å². The van der Waals surface area contributed by atoms with Crippen LogP contribution in [0.1, 0.15) is 23.2 Å². The first kappa shape index (κ1) is 14.1. The third-order valence-electron chi connectivity index (χ3n) is 3.48. The summed E-state index contributed by atoms with van der Waals surface area (Å²) < 4.78 is 0. The molecule has 1 fully saturated rings. The van der Waals surface area contributed by atoms with Crippen LogP contribution < -0.4 is 10.6 Å². The van der Waals surface area contributed by atoms with Gasteiger partial charge in [-0.25, -0.2) is 9.97 Å². The second-order valence-corrected chi connectivity index (χ2v) is 5.05. The Morgan fingerprint density at radius 1 is 1.14 bits per heavy atom. The Morgan fingerprint density at radius 3 is 2.68 bits per heavy atom. The molecule has 1 atom stereocenters. The predicted molar refractivity (Wildman–Crippen MR) is 78.8 cm³/mol. The van der Waals surface area contributed by atoms with E-state index in [1.54, 1.807) is 24.7 Å². The number of hydrogen-bond donors (Lipinski definition) is 2. The normalized spacial score (nSPS) is 17.6.